The molecule has 0 bridgehead atoms. The normalized spacial score (nSPS) is 21.7. The van der Waals surface area contributed by atoms with Crippen LogP contribution in [0.15, 0.2) is 58.9 Å². The number of rotatable bonds is 3. The third kappa shape index (κ3) is 3.53. The minimum Gasteiger partial charge on any atom is -0.466 e. The van der Waals surface area contributed by atoms with Gasteiger partial charge in [0, 0.05) is 38.2 Å². The van der Waals surface area contributed by atoms with Crippen molar-refractivity contribution in [2.75, 3.05) is 7.11 Å². The molecule has 1 aliphatic heterocycles. The largest absolute Gasteiger partial charge is 0.466 e. The van der Waals surface area contributed by atoms with E-state index in [2.05, 4.69) is 5.32 Å². The van der Waals surface area contributed by atoms with Crippen LogP contribution in [0.25, 0.3) is 0 Å². The Labute approximate surface area is 179 Å². The monoisotopic (exact) mass is 427 g/mol. The van der Waals surface area contributed by atoms with E-state index in [0.29, 0.717) is 29.0 Å². The first-order valence-corrected chi connectivity index (χ1v) is 10.7. The van der Waals surface area contributed by atoms with Crippen LogP contribution in [-0.2, 0) is 14.3 Å². The number of halogens is 1. The van der Waals surface area contributed by atoms with Crippen LogP contribution in [0.2, 0.25) is 5.02 Å². The molecule has 0 saturated heterocycles. The average molecular weight is 428 g/mol. The summed E-state index contributed by atoms with van der Waals surface area (Å²) in [5.41, 5.74) is 3.80. The zero-order chi connectivity index (χ0) is 20.7. The highest BCUT2D eigenvalue weighted by Crippen LogP contribution is 2.47. The highest BCUT2D eigenvalue weighted by atomic mass is 35.5. The fourth-order valence-electron chi connectivity index (χ4n) is 4.34. The molecule has 0 amide bonds. The summed E-state index contributed by atoms with van der Waals surface area (Å²) in [5, 5.41) is 4.02. The number of ketones is 1. The highest BCUT2D eigenvalue weighted by Gasteiger charge is 2.42. The van der Waals surface area contributed by atoms with Crippen LogP contribution in [-0.4, -0.2) is 18.9 Å². The van der Waals surface area contributed by atoms with E-state index >= 15 is 0 Å². The fraction of sp³-hybridized carbons (Fsp3) is 0.304. The number of ether oxygens (including phenoxy) is 1. The Morgan fingerprint density at radius 1 is 1.17 bits per heavy atom. The lowest BCUT2D eigenvalue weighted by molar-refractivity contribution is -0.136. The first-order chi connectivity index (χ1) is 13.9. The van der Waals surface area contributed by atoms with E-state index < -0.39 is 11.9 Å². The molecule has 0 unspecified atom stereocenters. The second kappa shape index (κ2) is 7.81. The zero-order valence-corrected chi connectivity index (χ0v) is 18.1. The smallest absolute Gasteiger partial charge is 0.336 e. The van der Waals surface area contributed by atoms with Gasteiger partial charge in [-0.2, -0.15) is 0 Å². The van der Waals surface area contributed by atoms with Crippen LogP contribution in [0.4, 0.5) is 0 Å². The summed E-state index contributed by atoms with van der Waals surface area (Å²) in [6, 6.07) is 11.7. The molecule has 2 aliphatic rings. The van der Waals surface area contributed by atoms with Gasteiger partial charge in [-0.25, -0.2) is 4.79 Å². The lowest BCUT2D eigenvalue weighted by Crippen LogP contribution is -2.35. The lowest BCUT2D eigenvalue weighted by atomic mass is 9.73. The molecular formula is C23H22ClNO3S. The molecule has 2 heterocycles. The number of methoxy groups -OCH3 is 1. The predicted molar refractivity (Wildman–Crippen MR) is 115 cm³/mol. The summed E-state index contributed by atoms with van der Waals surface area (Å²) in [7, 11) is 1.37. The molecule has 1 aromatic heterocycles. The van der Waals surface area contributed by atoms with Crippen molar-refractivity contribution in [3.8, 4) is 0 Å². The molecule has 0 radical (unpaired) electrons. The van der Waals surface area contributed by atoms with Crippen LogP contribution in [0.1, 0.15) is 46.9 Å². The Balaban J connectivity index is 1.81. The summed E-state index contributed by atoms with van der Waals surface area (Å²) in [5.74, 6) is -0.731. The molecule has 2 atom stereocenters. The minimum atomic E-state index is -0.404. The van der Waals surface area contributed by atoms with E-state index in [1.165, 1.54) is 7.11 Å². The SMILES string of the molecule is COC(=O)C1=C(C)NC2=C(C(=O)C[C@H](c3ccccc3Cl)C2)[C@H]1c1ccc(C)s1. The topological polar surface area (TPSA) is 55.4 Å². The summed E-state index contributed by atoms with van der Waals surface area (Å²) in [6.45, 7) is 3.89. The fourth-order valence-corrected chi connectivity index (χ4v) is 5.63. The third-order valence-electron chi connectivity index (χ3n) is 5.62. The van der Waals surface area contributed by atoms with Gasteiger partial charge >= 0.3 is 5.97 Å². The van der Waals surface area contributed by atoms with Crippen molar-refractivity contribution in [1.82, 2.24) is 5.32 Å². The summed E-state index contributed by atoms with van der Waals surface area (Å²) in [4.78, 5) is 28.1. The molecule has 150 valence electrons. The number of allylic oxidation sites excluding steroid dienone is 3. The number of aryl methyl sites for hydroxylation is 1. The maximum Gasteiger partial charge on any atom is 0.336 e. The number of benzene rings is 1. The van der Waals surface area contributed by atoms with Gasteiger partial charge in [-0.15, -0.1) is 11.3 Å². The van der Waals surface area contributed by atoms with Gasteiger partial charge in [0.15, 0.2) is 5.78 Å². The zero-order valence-electron chi connectivity index (χ0n) is 16.5. The standard InChI is InChI=1S/C23H22ClNO3S/c1-12-8-9-19(29-12)22-20(23(27)28-3)13(2)25-17-10-14(11-18(26)21(17)22)15-6-4-5-7-16(15)24/h4-9,14,22,25H,10-11H2,1-3H3/t14-,22+/m1/s1. The Kier molecular flexibility index (Phi) is 5.36. The highest BCUT2D eigenvalue weighted by molar-refractivity contribution is 7.12. The van der Waals surface area contributed by atoms with Gasteiger partial charge in [-0.1, -0.05) is 29.8 Å². The van der Waals surface area contributed by atoms with Crippen molar-refractivity contribution in [3.63, 3.8) is 0 Å². The van der Waals surface area contributed by atoms with Crippen molar-refractivity contribution < 1.29 is 14.3 Å². The summed E-state index contributed by atoms with van der Waals surface area (Å²) in [6.07, 6.45) is 1.05. The van der Waals surface area contributed by atoms with Gasteiger partial charge in [0.2, 0.25) is 0 Å². The van der Waals surface area contributed by atoms with Gasteiger partial charge in [0.05, 0.1) is 18.6 Å². The second-order valence-electron chi connectivity index (χ2n) is 7.48. The molecule has 4 nitrogen and oxygen atoms in total. The van der Waals surface area contributed by atoms with Crippen molar-refractivity contribution in [2.24, 2.45) is 0 Å². The van der Waals surface area contributed by atoms with E-state index in [1.54, 1.807) is 11.3 Å². The molecule has 6 heteroatoms. The van der Waals surface area contributed by atoms with Gasteiger partial charge in [0.25, 0.3) is 0 Å². The maximum absolute atomic E-state index is 13.4. The van der Waals surface area contributed by atoms with Gasteiger partial charge in [-0.05, 0) is 49.9 Å². The number of hydrogen-bond acceptors (Lipinski definition) is 5. The van der Waals surface area contributed by atoms with Gasteiger partial charge in [-0.3, -0.25) is 4.79 Å². The van der Waals surface area contributed by atoms with Gasteiger partial charge < -0.3 is 10.1 Å². The van der Waals surface area contributed by atoms with E-state index in [9.17, 15) is 9.59 Å². The Morgan fingerprint density at radius 2 is 1.93 bits per heavy atom. The molecule has 4 rings (SSSR count). The quantitative estimate of drug-likeness (QED) is 0.680. The number of hydrogen-bond donors (Lipinski definition) is 1. The van der Waals surface area contributed by atoms with E-state index in [0.717, 1.165) is 26.7 Å². The van der Waals surface area contributed by atoms with Crippen LogP contribution < -0.4 is 5.32 Å². The van der Waals surface area contributed by atoms with Gasteiger partial charge in [0.1, 0.15) is 0 Å². The summed E-state index contributed by atoms with van der Waals surface area (Å²) >= 11 is 8.01. The average Bonchev–Trinajstić information content (AvgIpc) is 3.12. The number of thiophene rings is 1. The molecule has 0 fully saturated rings. The predicted octanol–water partition coefficient (Wildman–Crippen LogP) is 5.24. The van der Waals surface area contributed by atoms with Crippen LogP contribution in [0.5, 0.6) is 0 Å². The molecule has 29 heavy (non-hydrogen) atoms. The number of dihydropyridines is 1. The molecule has 1 aliphatic carbocycles. The Morgan fingerprint density at radius 3 is 2.59 bits per heavy atom. The number of carbonyl (C=O) groups is 2. The van der Waals surface area contributed by atoms with Crippen molar-refractivity contribution in [1.29, 1.82) is 0 Å². The Hall–Kier alpha value is -2.37. The lowest BCUT2D eigenvalue weighted by Gasteiger charge is -2.36. The number of carbonyl (C=O) groups excluding carboxylic acids is 2. The maximum atomic E-state index is 13.4. The van der Waals surface area contributed by atoms with E-state index in [1.807, 2.05) is 50.2 Å². The molecule has 2 aromatic rings. The molecule has 0 saturated carbocycles. The molecule has 1 N–H and O–H groups in total. The van der Waals surface area contributed by atoms with E-state index in [4.69, 9.17) is 16.3 Å². The van der Waals surface area contributed by atoms with Crippen molar-refractivity contribution in [3.05, 3.63) is 79.3 Å². The summed E-state index contributed by atoms with van der Waals surface area (Å²) < 4.78 is 5.06. The molecule has 1 aromatic carbocycles. The van der Waals surface area contributed by atoms with Crippen molar-refractivity contribution in [2.45, 2.75) is 38.5 Å². The number of nitrogens with one attached hydrogen (secondary N) is 1. The first kappa shape index (κ1) is 19.9. The molecular weight excluding hydrogens is 406 g/mol. The van der Waals surface area contributed by atoms with Crippen LogP contribution in [0.3, 0.4) is 0 Å². The first-order valence-electron chi connectivity index (χ1n) is 9.53. The van der Waals surface area contributed by atoms with Crippen LogP contribution >= 0.6 is 22.9 Å². The Bertz CT molecular complexity index is 1070. The van der Waals surface area contributed by atoms with E-state index in [-0.39, 0.29) is 11.7 Å². The third-order valence-corrected chi connectivity index (χ3v) is 7.03. The van der Waals surface area contributed by atoms with Crippen LogP contribution in [0, 0.1) is 6.92 Å². The minimum absolute atomic E-state index is 0.0145. The number of Topliss-reactive ketones (excluding diaryl/α,β-unsaturated/α-hetero) is 1. The molecule has 0 spiro atoms. The van der Waals surface area contributed by atoms with Crippen molar-refractivity contribution >= 4 is 34.7 Å². The number of esters is 1. The second-order valence-corrected chi connectivity index (χ2v) is 9.21.